The average molecular weight is 374 g/mol. The molecule has 4 rings (SSSR count). The lowest BCUT2D eigenvalue weighted by Gasteiger charge is -2.18. The molecule has 4 aromatic carbocycles. The number of unbranched alkanes of at least 4 members (excludes halogenated alkanes) is 2. The molecule has 139 valence electrons. The summed E-state index contributed by atoms with van der Waals surface area (Å²) in [5.41, 5.74) is 1.34. The van der Waals surface area contributed by atoms with Crippen LogP contribution in [0.2, 0.25) is 12.1 Å². The summed E-state index contributed by atoms with van der Waals surface area (Å²) in [5.74, 6) is 0. The van der Waals surface area contributed by atoms with Crippen molar-refractivity contribution in [3.05, 3.63) is 60.2 Å². The molecule has 27 heavy (non-hydrogen) atoms. The van der Waals surface area contributed by atoms with Gasteiger partial charge < -0.3 is 4.43 Å². The first-order chi connectivity index (χ1) is 13.3. The summed E-state index contributed by atoms with van der Waals surface area (Å²) in [7, 11) is -0.695. The highest BCUT2D eigenvalue weighted by atomic mass is 28.3. The Balaban J connectivity index is 1.67. The molecule has 0 aliphatic heterocycles. The molecule has 0 spiro atoms. The molecule has 0 amide bonds. The fourth-order valence-corrected chi connectivity index (χ4v) is 6.51. The zero-order chi connectivity index (χ0) is 18.6. The topological polar surface area (TPSA) is 9.23 Å². The van der Waals surface area contributed by atoms with Gasteiger partial charge in [0.25, 0.3) is 0 Å². The van der Waals surface area contributed by atoms with Crippen LogP contribution < -0.4 is 0 Å². The van der Waals surface area contributed by atoms with Gasteiger partial charge in [0.15, 0.2) is 0 Å². The molecule has 4 aromatic rings. The molecular weight excluding hydrogens is 344 g/mol. The van der Waals surface area contributed by atoms with Crippen molar-refractivity contribution in [1.29, 1.82) is 0 Å². The second-order valence-electron chi connectivity index (χ2n) is 7.62. The lowest BCUT2D eigenvalue weighted by molar-refractivity contribution is 0.306. The van der Waals surface area contributed by atoms with Crippen molar-refractivity contribution in [3.63, 3.8) is 0 Å². The van der Waals surface area contributed by atoms with E-state index >= 15 is 0 Å². The Hall–Kier alpha value is -1.90. The van der Waals surface area contributed by atoms with E-state index in [-0.39, 0.29) is 0 Å². The summed E-state index contributed by atoms with van der Waals surface area (Å²) in [4.78, 5) is 0. The predicted octanol–water partition coefficient (Wildman–Crippen LogP) is 7.69. The van der Waals surface area contributed by atoms with Crippen molar-refractivity contribution < 1.29 is 4.43 Å². The Morgan fingerprint density at radius 2 is 1.30 bits per heavy atom. The second kappa shape index (κ2) is 8.41. The van der Waals surface area contributed by atoms with Crippen LogP contribution in [0.4, 0.5) is 0 Å². The van der Waals surface area contributed by atoms with Gasteiger partial charge in [-0.25, -0.2) is 0 Å². The minimum absolute atomic E-state index is 0.695. The SMILES string of the molecule is CCCC[Si](CCCC)OCc1ccc2ccc3cccc4ccc1c2c34. The fourth-order valence-electron chi connectivity index (χ4n) is 4.12. The van der Waals surface area contributed by atoms with Crippen molar-refractivity contribution in [1.82, 2.24) is 0 Å². The van der Waals surface area contributed by atoms with E-state index in [2.05, 4.69) is 68.4 Å². The summed E-state index contributed by atoms with van der Waals surface area (Å²) in [6.07, 6.45) is 5.14. The van der Waals surface area contributed by atoms with Gasteiger partial charge in [-0.05, 0) is 50.0 Å². The van der Waals surface area contributed by atoms with Crippen LogP contribution in [-0.4, -0.2) is 9.04 Å². The third-order valence-corrected chi connectivity index (χ3v) is 8.04. The van der Waals surface area contributed by atoms with Crippen LogP contribution in [0, 0.1) is 0 Å². The Morgan fingerprint density at radius 1 is 0.704 bits per heavy atom. The normalized spacial score (nSPS) is 12.1. The van der Waals surface area contributed by atoms with E-state index < -0.39 is 9.04 Å². The van der Waals surface area contributed by atoms with E-state index in [1.165, 1.54) is 75.7 Å². The van der Waals surface area contributed by atoms with Gasteiger partial charge in [0.1, 0.15) is 0 Å². The van der Waals surface area contributed by atoms with Gasteiger partial charge >= 0.3 is 0 Å². The summed E-state index contributed by atoms with van der Waals surface area (Å²) >= 11 is 0. The minimum Gasteiger partial charge on any atom is -0.412 e. The molecule has 0 saturated carbocycles. The van der Waals surface area contributed by atoms with Crippen molar-refractivity contribution in [2.75, 3.05) is 0 Å². The zero-order valence-electron chi connectivity index (χ0n) is 16.6. The van der Waals surface area contributed by atoms with Crippen LogP contribution in [0.1, 0.15) is 45.1 Å². The highest BCUT2D eigenvalue weighted by Gasteiger charge is 2.15. The smallest absolute Gasteiger partial charge is 0.211 e. The summed E-state index contributed by atoms with van der Waals surface area (Å²) in [6.45, 7) is 5.32. The second-order valence-corrected chi connectivity index (χ2v) is 9.98. The maximum atomic E-state index is 6.52. The third kappa shape index (κ3) is 3.74. The van der Waals surface area contributed by atoms with E-state index in [4.69, 9.17) is 4.43 Å². The number of hydrogen-bond acceptors (Lipinski definition) is 1. The lowest BCUT2D eigenvalue weighted by atomic mass is 9.92. The molecular formula is C25H29OSi. The van der Waals surface area contributed by atoms with Crippen LogP contribution in [0.25, 0.3) is 32.3 Å². The van der Waals surface area contributed by atoms with Crippen LogP contribution in [0.5, 0.6) is 0 Å². The first-order valence-electron chi connectivity index (χ1n) is 10.4. The molecule has 0 atom stereocenters. The maximum Gasteiger partial charge on any atom is 0.211 e. The molecule has 1 nitrogen and oxygen atoms in total. The van der Waals surface area contributed by atoms with Gasteiger partial charge in [0, 0.05) is 0 Å². The number of hydrogen-bond donors (Lipinski definition) is 0. The van der Waals surface area contributed by atoms with Crippen molar-refractivity contribution in [2.45, 2.75) is 58.2 Å². The highest BCUT2D eigenvalue weighted by molar-refractivity contribution is 6.51. The summed E-state index contributed by atoms with van der Waals surface area (Å²) in [5, 5.41) is 8.17. The molecule has 0 aromatic heterocycles. The van der Waals surface area contributed by atoms with Crippen LogP contribution in [0.15, 0.2) is 54.6 Å². The Labute approximate surface area is 164 Å². The first-order valence-corrected chi connectivity index (χ1v) is 12.3. The third-order valence-electron chi connectivity index (χ3n) is 5.67. The molecule has 0 heterocycles. The van der Waals surface area contributed by atoms with E-state index in [9.17, 15) is 0 Å². The average Bonchev–Trinajstić information content (AvgIpc) is 2.72. The van der Waals surface area contributed by atoms with Gasteiger partial charge in [-0.15, -0.1) is 0 Å². The van der Waals surface area contributed by atoms with Gasteiger partial charge in [-0.3, -0.25) is 0 Å². The molecule has 1 radical (unpaired) electrons. The maximum absolute atomic E-state index is 6.52. The van der Waals surface area contributed by atoms with Gasteiger partial charge in [0.05, 0.1) is 6.61 Å². The minimum atomic E-state index is -0.695. The fraction of sp³-hybridized carbons (Fsp3) is 0.360. The van der Waals surface area contributed by atoms with E-state index in [1.807, 2.05) is 0 Å². The highest BCUT2D eigenvalue weighted by Crippen LogP contribution is 2.36. The molecule has 0 N–H and O–H groups in total. The molecule has 0 aliphatic rings. The predicted molar refractivity (Wildman–Crippen MR) is 120 cm³/mol. The zero-order valence-corrected chi connectivity index (χ0v) is 17.6. The summed E-state index contributed by atoms with van der Waals surface area (Å²) in [6, 6.07) is 22.8. The monoisotopic (exact) mass is 373 g/mol. The first kappa shape index (κ1) is 18.5. The molecule has 0 saturated heterocycles. The van der Waals surface area contributed by atoms with E-state index in [1.54, 1.807) is 0 Å². The van der Waals surface area contributed by atoms with Crippen LogP contribution in [-0.2, 0) is 11.0 Å². The molecule has 2 heteroatoms. The quantitative estimate of drug-likeness (QED) is 0.216. The Bertz CT molecular complexity index is 999. The van der Waals surface area contributed by atoms with Crippen LogP contribution in [0.3, 0.4) is 0 Å². The van der Waals surface area contributed by atoms with Gasteiger partial charge in [0.2, 0.25) is 9.04 Å². The molecule has 0 fully saturated rings. The number of rotatable bonds is 9. The van der Waals surface area contributed by atoms with Crippen molar-refractivity contribution >= 4 is 41.4 Å². The standard InChI is InChI=1S/C25H29OSi/c1-3-5-16-27(17-6-4-2)26-18-22-13-12-21-11-10-19-8-7-9-20-14-15-23(22)25(21)24(19)20/h7-15H,3-6,16-18H2,1-2H3. The largest absolute Gasteiger partial charge is 0.412 e. The van der Waals surface area contributed by atoms with E-state index in [0.717, 1.165) is 6.61 Å². The number of benzene rings is 4. The summed E-state index contributed by atoms with van der Waals surface area (Å²) < 4.78 is 6.52. The lowest BCUT2D eigenvalue weighted by Crippen LogP contribution is -2.17. The van der Waals surface area contributed by atoms with E-state index in [0.29, 0.717) is 0 Å². The molecule has 0 unspecified atom stereocenters. The Kier molecular flexibility index (Phi) is 5.75. The van der Waals surface area contributed by atoms with Gasteiger partial charge in [-0.1, -0.05) is 94.1 Å². The van der Waals surface area contributed by atoms with Crippen molar-refractivity contribution in [3.8, 4) is 0 Å². The van der Waals surface area contributed by atoms with Gasteiger partial charge in [-0.2, -0.15) is 0 Å². The molecule has 0 bridgehead atoms. The molecule has 0 aliphatic carbocycles. The Morgan fingerprint density at radius 3 is 1.96 bits per heavy atom. The van der Waals surface area contributed by atoms with Crippen molar-refractivity contribution in [2.24, 2.45) is 0 Å². The van der Waals surface area contributed by atoms with Crippen LogP contribution >= 0.6 is 0 Å².